The Morgan fingerprint density at radius 2 is 1.68 bits per heavy atom. The number of carboxylic acids is 1. The van der Waals surface area contributed by atoms with Crippen molar-refractivity contribution in [3.05, 3.63) is 59.7 Å². The van der Waals surface area contributed by atoms with Crippen molar-refractivity contribution < 1.29 is 24.2 Å². The van der Waals surface area contributed by atoms with Gasteiger partial charge in [-0.3, -0.25) is 9.59 Å². The van der Waals surface area contributed by atoms with Gasteiger partial charge in [0, 0.05) is 12.1 Å². The zero-order chi connectivity index (χ0) is 20.6. The number of ether oxygens (including phenoxy) is 2. The van der Waals surface area contributed by atoms with Crippen LogP contribution in [-0.4, -0.2) is 24.1 Å². The summed E-state index contributed by atoms with van der Waals surface area (Å²) in [5.74, 6) is -0.310. The number of anilines is 1. The minimum atomic E-state index is -0.909. The normalized spacial score (nSPS) is 11.1. The Hall–Kier alpha value is -2.86. The molecule has 0 bridgehead atoms. The minimum absolute atomic E-state index is 0.0559. The van der Waals surface area contributed by atoms with Crippen LogP contribution in [0.25, 0.3) is 0 Å². The predicted molar refractivity (Wildman–Crippen MR) is 107 cm³/mol. The van der Waals surface area contributed by atoms with E-state index in [-0.39, 0.29) is 18.7 Å². The second-order valence-electron chi connectivity index (χ2n) is 7.50. The second kappa shape index (κ2) is 9.90. The van der Waals surface area contributed by atoms with Gasteiger partial charge in [-0.15, -0.1) is 0 Å². The van der Waals surface area contributed by atoms with Gasteiger partial charge in [0.25, 0.3) is 0 Å². The van der Waals surface area contributed by atoms with Crippen molar-refractivity contribution in [1.82, 2.24) is 0 Å². The number of aliphatic carboxylic acids is 1. The molecule has 0 unspecified atom stereocenters. The fourth-order valence-corrected chi connectivity index (χ4v) is 2.86. The van der Waals surface area contributed by atoms with Crippen molar-refractivity contribution in [2.45, 2.75) is 39.9 Å². The van der Waals surface area contributed by atoms with Gasteiger partial charge < -0.3 is 19.9 Å². The summed E-state index contributed by atoms with van der Waals surface area (Å²) < 4.78 is 10.9. The first-order valence-corrected chi connectivity index (χ1v) is 9.09. The first-order chi connectivity index (χ1) is 13.3. The molecule has 6 nitrogen and oxygen atoms in total. The molecule has 0 aliphatic rings. The fraction of sp³-hybridized carbons (Fsp3) is 0.364. The molecule has 0 aromatic heterocycles. The molecule has 6 heteroatoms. The smallest absolute Gasteiger partial charge is 0.303 e. The number of carboxylic acid groups (broad SMARTS) is 1. The molecule has 2 aromatic rings. The van der Waals surface area contributed by atoms with E-state index < -0.39 is 11.4 Å². The molecular weight excluding hydrogens is 358 g/mol. The minimum Gasteiger partial charge on any atom is -0.497 e. The first-order valence-electron chi connectivity index (χ1n) is 9.09. The molecule has 2 rings (SSSR count). The van der Waals surface area contributed by atoms with Gasteiger partial charge in [0.15, 0.2) is 0 Å². The highest BCUT2D eigenvalue weighted by molar-refractivity contribution is 5.91. The molecule has 150 valence electrons. The van der Waals surface area contributed by atoms with Gasteiger partial charge in [0.1, 0.15) is 5.75 Å². The maximum absolute atomic E-state index is 12.2. The van der Waals surface area contributed by atoms with Gasteiger partial charge in [-0.25, -0.2) is 0 Å². The van der Waals surface area contributed by atoms with E-state index >= 15 is 0 Å². The third kappa shape index (κ3) is 7.40. The van der Waals surface area contributed by atoms with E-state index in [0.29, 0.717) is 18.9 Å². The zero-order valence-electron chi connectivity index (χ0n) is 16.5. The Morgan fingerprint density at radius 1 is 1.00 bits per heavy atom. The van der Waals surface area contributed by atoms with Crippen LogP contribution < -0.4 is 10.1 Å². The average molecular weight is 385 g/mol. The van der Waals surface area contributed by atoms with Crippen molar-refractivity contribution >= 4 is 17.6 Å². The van der Waals surface area contributed by atoms with E-state index in [1.54, 1.807) is 27.0 Å². The molecule has 2 aromatic carbocycles. The third-order valence-electron chi connectivity index (χ3n) is 4.18. The maximum atomic E-state index is 12.2. The van der Waals surface area contributed by atoms with E-state index in [9.17, 15) is 9.59 Å². The van der Waals surface area contributed by atoms with Crippen LogP contribution in [0.3, 0.4) is 0 Å². The Morgan fingerprint density at radius 3 is 2.32 bits per heavy atom. The highest BCUT2D eigenvalue weighted by Gasteiger charge is 2.25. The standard InChI is InChI=1S/C22H27NO5/c1-22(2,13-21(25)26)12-20(24)23-18-6-4-5-17(11-18)15-28-14-16-7-9-19(27-3)10-8-16/h4-11H,12-15H2,1-3H3,(H,23,24)(H,25,26). The summed E-state index contributed by atoms with van der Waals surface area (Å²) in [4.78, 5) is 23.1. The molecule has 0 aliphatic heterocycles. The molecule has 1 amide bonds. The number of methoxy groups -OCH3 is 1. The van der Waals surface area contributed by atoms with E-state index in [2.05, 4.69) is 5.32 Å². The molecule has 0 aliphatic carbocycles. The quantitative estimate of drug-likeness (QED) is 0.639. The van der Waals surface area contributed by atoms with Crippen LogP contribution in [0.15, 0.2) is 48.5 Å². The van der Waals surface area contributed by atoms with Crippen LogP contribution in [0.1, 0.15) is 37.8 Å². The predicted octanol–water partition coefficient (Wildman–Crippen LogP) is 4.24. The van der Waals surface area contributed by atoms with Crippen LogP contribution in [-0.2, 0) is 27.5 Å². The molecule has 0 heterocycles. The summed E-state index contributed by atoms with van der Waals surface area (Å²) in [6, 6.07) is 15.1. The second-order valence-corrected chi connectivity index (χ2v) is 7.50. The lowest BCUT2D eigenvalue weighted by Gasteiger charge is -2.21. The van der Waals surface area contributed by atoms with E-state index in [0.717, 1.165) is 16.9 Å². The van der Waals surface area contributed by atoms with Crippen molar-refractivity contribution in [3.63, 3.8) is 0 Å². The summed E-state index contributed by atoms with van der Waals surface area (Å²) in [6.45, 7) is 4.43. The number of amides is 1. The van der Waals surface area contributed by atoms with Crippen LogP contribution in [0, 0.1) is 5.41 Å². The van der Waals surface area contributed by atoms with Crippen LogP contribution in [0.5, 0.6) is 5.75 Å². The summed E-state index contributed by atoms with van der Waals surface area (Å²) in [7, 11) is 1.63. The van der Waals surface area contributed by atoms with E-state index in [1.807, 2.05) is 42.5 Å². The number of carbonyl (C=O) groups excluding carboxylic acids is 1. The number of carbonyl (C=O) groups is 2. The lowest BCUT2D eigenvalue weighted by atomic mass is 9.85. The molecule has 0 spiro atoms. The number of hydrogen-bond acceptors (Lipinski definition) is 4. The highest BCUT2D eigenvalue weighted by Crippen LogP contribution is 2.25. The lowest BCUT2D eigenvalue weighted by Crippen LogP contribution is -2.24. The Bertz CT molecular complexity index is 799. The summed E-state index contributed by atoms with van der Waals surface area (Å²) in [5, 5.41) is 11.8. The largest absolute Gasteiger partial charge is 0.497 e. The van der Waals surface area contributed by atoms with Crippen LogP contribution in [0.4, 0.5) is 5.69 Å². The van der Waals surface area contributed by atoms with Gasteiger partial charge in [0.05, 0.1) is 26.7 Å². The average Bonchev–Trinajstić information content (AvgIpc) is 2.61. The Kier molecular flexibility index (Phi) is 7.58. The molecule has 0 saturated carbocycles. The molecule has 0 radical (unpaired) electrons. The van der Waals surface area contributed by atoms with Crippen molar-refractivity contribution in [2.24, 2.45) is 5.41 Å². The first kappa shape index (κ1) is 21.4. The van der Waals surface area contributed by atoms with Gasteiger partial charge in [-0.2, -0.15) is 0 Å². The molecule has 28 heavy (non-hydrogen) atoms. The van der Waals surface area contributed by atoms with Crippen LogP contribution >= 0.6 is 0 Å². The van der Waals surface area contributed by atoms with Crippen molar-refractivity contribution in [1.29, 1.82) is 0 Å². The monoisotopic (exact) mass is 385 g/mol. The maximum Gasteiger partial charge on any atom is 0.303 e. The highest BCUT2D eigenvalue weighted by atomic mass is 16.5. The topological polar surface area (TPSA) is 84.9 Å². The van der Waals surface area contributed by atoms with Gasteiger partial charge >= 0.3 is 5.97 Å². The summed E-state index contributed by atoms with van der Waals surface area (Å²) in [6.07, 6.45) is 0.0805. The Balaban J connectivity index is 1.85. The third-order valence-corrected chi connectivity index (χ3v) is 4.18. The molecule has 0 atom stereocenters. The fourth-order valence-electron chi connectivity index (χ4n) is 2.86. The van der Waals surface area contributed by atoms with E-state index in [4.69, 9.17) is 14.6 Å². The van der Waals surface area contributed by atoms with Gasteiger partial charge in [0.2, 0.25) is 5.91 Å². The van der Waals surface area contributed by atoms with E-state index in [1.165, 1.54) is 0 Å². The molecule has 2 N–H and O–H groups in total. The summed E-state index contributed by atoms with van der Waals surface area (Å²) in [5.41, 5.74) is 2.05. The Labute approximate surface area is 165 Å². The van der Waals surface area contributed by atoms with Crippen LogP contribution in [0.2, 0.25) is 0 Å². The SMILES string of the molecule is COc1ccc(COCc2cccc(NC(=O)CC(C)(C)CC(=O)O)c2)cc1. The number of nitrogens with one attached hydrogen (secondary N) is 1. The zero-order valence-corrected chi connectivity index (χ0v) is 16.5. The van der Waals surface area contributed by atoms with Crippen molar-refractivity contribution in [2.75, 3.05) is 12.4 Å². The van der Waals surface area contributed by atoms with Gasteiger partial charge in [-0.05, 0) is 40.8 Å². The molecule has 0 fully saturated rings. The molecule has 0 saturated heterocycles. The lowest BCUT2D eigenvalue weighted by molar-refractivity contribution is -0.139. The number of hydrogen-bond donors (Lipinski definition) is 2. The summed E-state index contributed by atoms with van der Waals surface area (Å²) >= 11 is 0. The van der Waals surface area contributed by atoms with Crippen molar-refractivity contribution in [3.8, 4) is 5.75 Å². The molecular formula is C22H27NO5. The van der Waals surface area contributed by atoms with Gasteiger partial charge in [-0.1, -0.05) is 38.1 Å². The number of benzene rings is 2. The number of rotatable bonds is 10.